The third-order valence-electron chi connectivity index (χ3n) is 5.63. The van der Waals surface area contributed by atoms with Crippen LogP contribution in [0.3, 0.4) is 0 Å². The molecule has 2 aromatic carbocycles. The van der Waals surface area contributed by atoms with E-state index in [1.807, 2.05) is 12.1 Å². The van der Waals surface area contributed by atoms with Crippen molar-refractivity contribution in [1.29, 1.82) is 0 Å². The van der Waals surface area contributed by atoms with E-state index >= 15 is 0 Å². The Balaban J connectivity index is 0.00000481. The van der Waals surface area contributed by atoms with Gasteiger partial charge in [-0.3, -0.25) is 0 Å². The Labute approximate surface area is 223 Å². The summed E-state index contributed by atoms with van der Waals surface area (Å²) in [6.07, 6.45) is 4.48. The highest BCUT2D eigenvalue weighted by molar-refractivity contribution is 5.91. The molecule has 5 N–H and O–H groups in total. The molecule has 1 unspecified atom stereocenters. The van der Waals surface area contributed by atoms with Crippen molar-refractivity contribution in [3.63, 3.8) is 0 Å². The van der Waals surface area contributed by atoms with Gasteiger partial charge >= 0.3 is 12.0 Å². The molecule has 3 rings (SSSR count). The predicted molar refractivity (Wildman–Crippen MR) is 142 cm³/mol. The third kappa shape index (κ3) is 11.7. The molecular formula is C26H36ClN3O7. The highest BCUT2D eigenvalue weighted by Crippen LogP contribution is 2.21. The fraction of sp³-hybridized carbons (Fsp3) is 0.462. The number of carboxylic acids is 1. The number of hydrogen-bond acceptors (Lipinski definition) is 7. The average Bonchev–Trinajstić information content (AvgIpc) is 3.40. The van der Waals surface area contributed by atoms with E-state index in [0.29, 0.717) is 50.4 Å². The standard InChI is InChI=1S/C26H35N3O7.ClH/c30-21(17-27-13-14-28-26(33)29-20-7-5-19(6-8-20)25(31)32)18-36-24-11-9-23(10-12-24)35-16-15-34-22-3-1-2-4-22;/h5-12,21-22,27,30H,1-4,13-18H2,(H,31,32)(H2,28,29,33);1H. The minimum absolute atomic E-state index is 0. The van der Waals surface area contributed by atoms with E-state index in [1.165, 1.54) is 37.1 Å². The van der Waals surface area contributed by atoms with Crippen molar-refractivity contribution >= 4 is 30.1 Å². The van der Waals surface area contributed by atoms with Gasteiger partial charge in [0.25, 0.3) is 0 Å². The number of halogens is 1. The summed E-state index contributed by atoms with van der Waals surface area (Å²) < 4.78 is 17.1. The number of aromatic carboxylic acids is 1. The van der Waals surface area contributed by atoms with Crippen LogP contribution in [0.15, 0.2) is 48.5 Å². The third-order valence-corrected chi connectivity index (χ3v) is 5.63. The van der Waals surface area contributed by atoms with Crippen LogP contribution in [0.4, 0.5) is 10.5 Å². The van der Waals surface area contributed by atoms with Crippen LogP contribution in [0.5, 0.6) is 11.5 Å². The number of ether oxygens (including phenoxy) is 3. The molecule has 10 nitrogen and oxygen atoms in total. The molecule has 0 bridgehead atoms. The number of carboxylic acid groups (broad SMARTS) is 1. The molecule has 0 heterocycles. The van der Waals surface area contributed by atoms with Crippen LogP contribution in [0.25, 0.3) is 0 Å². The summed E-state index contributed by atoms with van der Waals surface area (Å²) in [6.45, 7) is 2.34. The molecule has 0 spiro atoms. The van der Waals surface area contributed by atoms with Gasteiger partial charge in [0.2, 0.25) is 0 Å². The van der Waals surface area contributed by atoms with Crippen molar-refractivity contribution in [2.24, 2.45) is 0 Å². The van der Waals surface area contributed by atoms with Gasteiger partial charge in [-0.2, -0.15) is 0 Å². The average molecular weight is 538 g/mol. The maximum Gasteiger partial charge on any atom is 0.335 e. The number of aliphatic hydroxyl groups is 1. The zero-order chi connectivity index (χ0) is 25.6. The summed E-state index contributed by atoms with van der Waals surface area (Å²) in [5.41, 5.74) is 0.639. The van der Waals surface area contributed by atoms with E-state index in [1.54, 1.807) is 12.1 Å². The molecule has 1 saturated carbocycles. The van der Waals surface area contributed by atoms with Crippen molar-refractivity contribution in [3.05, 3.63) is 54.1 Å². The number of carbonyl (C=O) groups excluding carboxylic acids is 1. The monoisotopic (exact) mass is 537 g/mol. The molecule has 0 aliphatic heterocycles. The first-order chi connectivity index (χ1) is 17.5. The molecule has 2 aromatic rings. The molecule has 0 radical (unpaired) electrons. The van der Waals surface area contributed by atoms with Crippen molar-refractivity contribution < 1.29 is 34.0 Å². The Bertz CT molecular complexity index is 938. The fourth-order valence-corrected chi connectivity index (χ4v) is 3.72. The summed E-state index contributed by atoms with van der Waals surface area (Å²) in [4.78, 5) is 22.7. The quantitative estimate of drug-likeness (QED) is 0.218. The van der Waals surface area contributed by atoms with Gasteiger partial charge in [-0.1, -0.05) is 12.8 Å². The molecule has 1 fully saturated rings. The normalized spacial score (nSPS) is 13.9. The largest absolute Gasteiger partial charge is 0.491 e. The second-order valence-corrected chi connectivity index (χ2v) is 8.53. The summed E-state index contributed by atoms with van der Waals surface area (Å²) in [5.74, 6) is 0.356. The molecule has 0 aromatic heterocycles. The Kier molecular flexibility index (Phi) is 13.6. The zero-order valence-electron chi connectivity index (χ0n) is 20.7. The lowest BCUT2D eigenvalue weighted by Crippen LogP contribution is -2.38. The molecule has 1 aliphatic rings. The molecule has 0 saturated heterocycles. The SMILES string of the molecule is Cl.O=C(NCCNCC(O)COc1ccc(OCCOC2CCCC2)cc1)Nc1ccc(C(=O)O)cc1. The smallest absolute Gasteiger partial charge is 0.335 e. The van der Waals surface area contributed by atoms with E-state index in [2.05, 4.69) is 16.0 Å². The van der Waals surface area contributed by atoms with E-state index < -0.39 is 18.1 Å². The van der Waals surface area contributed by atoms with Gasteiger partial charge in [-0.15, -0.1) is 12.4 Å². The molecule has 204 valence electrons. The Morgan fingerprint density at radius 2 is 1.57 bits per heavy atom. The van der Waals surface area contributed by atoms with Crippen LogP contribution in [-0.2, 0) is 4.74 Å². The number of rotatable bonds is 15. The highest BCUT2D eigenvalue weighted by Gasteiger charge is 2.14. The van der Waals surface area contributed by atoms with E-state index in [4.69, 9.17) is 19.3 Å². The topological polar surface area (TPSA) is 138 Å². The number of amides is 2. The van der Waals surface area contributed by atoms with E-state index in [-0.39, 0.29) is 24.6 Å². The molecular weight excluding hydrogens is 502 g/mol. The lowest BCUT2D eigenvalue weighted by atomic mass is 10.2. The fourth-order valence-electron chi connectivity index (χ4n) is 3.72. The van der Waals surface area contributed by atoms with Gasteiger partial charge < -0.3 is 40.4 Å². The first kappa shape index (κ1) is 30.2. The van der Waals surface area contributed by atoms with Gasteiger partial charge in [0.05, 0.1) is 18.3 Å². The molecule has 1 atom stereocenters. The molecule has 1 aliphatic carbocycles. The summed E-state index contributed by atoms with van der Waals surface area (Å²) >= 11 is 0. The van der Waals surface area contributed by atoms with Gasteiger partial charge in [0, 0.05) is 25.3 Å². The summed E-state index contributed by atoms with van der Waals surface area (Å²) in [5, 5.41) is 27.3. The number of urea groups is 1. The van der Waals surface area contributed by atoms with Crippen LogP contribution < -0.4 is 25.4 Å². The van der Waals surface area contributed by atoms with Crippen LogP contribution in [0.1, 0.15) is 36.0 Å². The van der Waals surface area contributed by atoms with Crippen molar-refractivity contribution in [2.45, 2.75) is 37.9 Å². The highest BCUT2D eigenvalue weighted by atomic mass is 35.5. The molecule has 11 heteroatoms. The second-order valence-electron chi connectivity index (χ2n) is 8.53. The van der Waals surface area contributed by atoms with Gasteiger partial charge in [-0.25, -0.2) is 9.59 Å². The van der Waals surface area contributed by atoms with Gasteiger partial charge in [0.15, 0.2) is 0 Å². The van der Waals surface area contributed by atoms with Gasteiger partial charge in [-0.05, 0) is 61.4 Å². The predicted octanol–water partition coefficient (Wildman–Crippen LogP) is 3.30. The number of benzene rings is 2. The minimum Gasteiger partial charge on any atom is -0.491 e. The number of hydrogen-bond donors (Lipinski definition) is 5. The van der Waals surface area contributed by atoms with Crippen LogP contribution in [0, 0.1) is 0 Å². The lowest BCUT2D eigenvalue weighted by Gasteiger charge is -2.14. The van der Waals surface area contributed by atoms with Crippen molar-refractivity contribution in [1.82, 2.24) is 10.6 Å². The van der Waals surface area contributed by atoms with E-state index in [9.17, 15) is 14.7 Å². The Hall–Kier alpha value is -3.05. The van der Waals surface area contributed by atoms with Gasteiger partial charge in [0.1, 0.15) is 30.8 Å². The van der Waals surface area contributed by atoms with E-state index in [0.717, 1.165) is 18.6 Å². The van der Waals surface area contributed by atoms with Crippen LogP contribution in [0.2, 0.25) is 0 Å². The number of nitrogens with one attached hydrogen (secondary N) is 3. The van der Waals surface area contributed by atoms with Crippen molar-refractivity contribution in [2.75, 3.05) is 44.8 Å². The molecule has 2 amide bonds. The Morgan fingerprint density at radius 3 is 2.22 bits per heavy atom. The Morgan fingerprint density at radius 1 is 0.919 bits per heavy atom. The summed E-state index contributed by atoms with van der Waals surface area (Å²) in [6, 6.07) is 12.7. The number of anilines is 1. The van der Waals surface area contributed by atoms with Crippen LogP contribution >= 0.6 is 12.4 Å². The summed E-state index contributed by atoms with van der Waals surface area (Å²) in [7, 11) is 0. The maximum atomic E-state index is 11.9. The first-order valence-corrected chi connectivity index (χ1v) is 12.2. The maximum absolute atomic E-state index is 11.9. The minimum atomic E-state index is -1.02. The number of carbonyl (C=O) groups is 2. The van der Waals surface area contributed by atoms with Crippen molar-refractivity contribution in [3.8, 4) is 11.5 Å². The lowest BCUT2D eigenvalue weighted by molar-refractivity contribution is 0.0382. The molecule has 37 heavy (non-hydrogen) atoms. The zero-order valence-corrected chi connectivity index (χ0v) is 21.5. The number of aliphatic hydroxyl groups excluding tert-OH is 1. The first-order valence-electron chi connectivity index (χ1n) is 12.2. The van der Waals surface area contributed by atoms with Crippen LogP contribution in [-0.4, -0.2) is 73.9 Å². The second kappa shape index (κ2) is 16.6.